The fraction of sp³-hybridized carbons (Fsp3) is 0.0909. The standard InChI is InChI=1S/C22H21N3O3/c1-15-8-13-20(28-2)19(14-15)21(26)23-17-9-11-18(12-10-17)25-22(27)24-16-6-4-3-5-7-16/h3-14H,1-2H3,(H,23,26)(H2,24,25,27). The molecule has 3 rings (SSSR count). The first-order valence-electron chi connectivity index (χ1n) is 8.74. The van der Waals surface area contributed by atoms with E-state index in [4.69, 9.17) is 4.74 Å². The van der Waals surface area contributed by atoms with Crippen LogP contribution in [0.5, 0.6) is 5.75 Å². The maximum Gasteiger partial charge on any atom is 0.323 e. The number of benzene rings is 3. The summed E-state index contributed by atoms with van der Waals surface area (Å²) >= 11 is 0. The first kappa shape index (κ1) is 19.0. The van der Waals surface area contributed by atoms with E-state index >= 15 is 0 Å². The van der Waals surface area contributed by atoms with Gasteiger partial charge in [0.2, 0.25) is 0 Å². The highest BCUT2D eigenvalue weighted by Crippen LogP contribution is 2.22. The molecule has 3 amide bonds. The van der Waals surface area contributed by atoms with E-state index < -0.39 is 0 Å². The Morgan fingerprint density at radius 3 is 1.93 bits per heavy atom. The Bertz CT molecular complexity index is 970. The molecular weight excluding hydrogens is 354 g/mol. The maximum absolute atomic E-state index is 12.5. The zero-order valence-electron chi connectivity index (χ0n) is 15.7. The molecule has 0 radical (unpaired) electrons. The van der Waals surface area contributed by atoms with E-state index in [0.29, 0.717) is 28.4 Å². The Morgan fingerprint density at radius 2 is 1.32 bits per heavy atom. The van der Waals surface area contributed by atoms with Gasteiger partial charge in [-0.15, -0.1) is 0 Å². The predicted molar refractivity (Wildman–Crippen MR) is 111 cm³/mol. The largest absolute Gasteiger partial charge is 0.496 e. The van der Waals surface area contributed by atoms with E-state index in [2.05, 4.69) is 16.0 Å². The number of rotatable bonds is 5. The Kier molecular flexibility index (Phi) is 5.91. The highest BCUT2D eigenvalue weighted by Gasteiger charge is 2.13. The number of amides is 3. The van der Waals surface area contributed by atoms with Crippen LogP contribution >= 0.6 is 0 Å². The lowest BCUT2D eigenvalue weighted by Gasteiger charge is -2.11. The molecule has 3 aromatic carbocycles. The van der Waals surface area contributed by atoms with E-state index in [9.17, 15) is 9.59 Å². The Labute approximate surface area is 163 Å². The van der Waals surface area contributed by atoms with Gasteiger partial charge >= 0.3 is 6.03 Å². The summed E-state index contributed by atoms with van der Waals surface area (Å²) in [6, 6.07) is 21.1. The summed E-state index contributed by atoms with van der Waals surface area (Å²) in [6.45, 7) is 1.91. The van der Waals surface area contributed by atoms with Gasteiger partial charge in [0.25, 0.3) is 5.91 Å². The number of hydrogen-bond donors (Lipinski definition) is 3. The summed E-state index contributed by atoms with van der Waals surface area (Å²) in [6.07, 6.45) is 0. The number of aryl methyl sites for hydroxylation is 1. The average Bonchev–Trinajstić information content (AvgIpc) is 2.70. The van der Waals surface area contributed by atoms with Gasteiger partial charge in [-0.2, -0.15) is 0 Å². The number of carbonyl (C=O) groups excluding carboxylic acids is 2. The number of hydrogen-bond acceptors (Lipinski definition) is 3. The Morgan fingerprint density at radius 1 is 0.750 bits per heavy atom. The lowest BCUT2D eigenvalue weighted by atomic mass is 10.1. The SMILES string of the molecule is COc1ccc(C)cc1C(=O)Nc1ccc(NC(=O)Nc2ccccc2)cc1. The van der Waals surface area contributed by atoms with Crippen molar-refractivity contribution in [1.82, 2.24) is 0 Å². The van der Waals surface area contributed by atoms with Gasteiger partial charge in [-0.3, -0.25) is 4.79 Å². The molecule has 0 saturated carbocycles. The molecule has 0 heterocycles. The van der Waals surface area contributed by atoms with Crippen molar-refractivity contribution in [3.8, 4) is 5.75 Å². The van der Waals surface area contributed by atoms with Crippen molar-refractivity contribution >= 4 is 29.0 Å². The van der Waals surface area contributed by atoms with Crippen LogP contribution in [0.25, 0.3) is 0 Å². The smallest absolute Gasteiger partial charge is 0.323 e. The zero-order chi connectivity index (χ0) is 19.9. The fourth-order valence-corrected chi connectivity index (χ4v) is 2.65. The van der Waals surface area contributed by atoms with Crippen molar-refractivity contribution in [3.63, 3.8) is 0 Å². The second-order valence-electron chi connectivity index (χ2n) is 6.18. The van der Waals surface area contributed by atoms with Crippen LogP contribution in [0.1, 0.15) is 15.9 Å². The van der Waals surface area contributed by atoms with Crippen LogP contribution in [0.4, 0.5) is 21.9 Å². The summed E-state index contributed by atoms with van der Waals surface area (Å²) in [5.74, 6) is 0.252. The number of para-hydroxylation sites is 1. The molecule has 0 saturated heterocycles. The molecule has 0 atom stereocenters. The molecule has 0 spiro atoms. The normalized spacial score (nSPS) is 10.1. The molecule has 0 aliphatic rings. The van der Waals surface area contributed by atoms with Gasteiger partial charge in [-0.05, 0) is 55.5 Å². The Balaban J connectivity index is 1.62. The molecule has 0 bridgehead atoms. The summed E-state index contributed by atoms with van der Waals surface area (Å²) in [4.78, 5) is 24.6. The van der Waals surface area contributed by atoms with Crippen molar-refractivity contribution in [2.24, 2.45) is 0 Å². The third-order valence-electron chi connectivity index (χ3n) is 4.03. The number of urea groups is 1. The highest BCUT2D eigenvalue weighted by atomic mass is 16.5. The van der Waals surface area contributed by atoms with Crippen LogP contribution in [-0.4, -0.2) is 19.0 Å². The third kappa shape index (κ3) is 4.88. The minimum atomic E-state index is -0.340. The van der Waals surface area contributed by atoms with Crippen molar-refractivity contribution in [2.45, 2.75) is 6.92 Å². The van der Waals surface area contributed by atoms with Gasteiger partial charge in [0.05, 0.1) is 12.7 Å². The van der Waals surface area contributed by atoms with E-state index in [1.165, 1.54) is 7.11 Å². The molecule has 3 aromatic rings. The Hall–Kier alpha value is -3.80. The van der Waals surface area contributed by atoms with E-state index in [1.807, 2.05) is 31.2 Å². The summed E-state index contributed by atoms with van der Waals surface area (Å²) < 4.78 is 5.26. The molecule has 0 unspecified atom stereocenters. The second-order valence-corrected chi connectivity index (χ2v) is 6.18. The maximum atomic E-state index is 12.5. The van der Waals surface area contributed by atoms with Crippen LogP contribution in [0.15, 0.2) is 72.8 Å². The molecule has 3 N–H and O–H groups in total. The van der Waals surface area contributed by atoms with Crippen LogP contribution in [0.3, 0.4) is 0 Å². The molecule has 0 aliphatic heterocycles. The number of ether oxygens (including phenoxy) is 1. The second kappa shape index (κ2) is 8.73. The zero-order valence-corrected chi connectivity index (χ0v) is 15.7. The summed E-state index contributed by atoms with van der Waals surface area (Å²) in [7, 11) is 1.53. The number of nitrogens with one attached hydrogen (secondary N) is 3. The number of carbonyl (C=O) groups is 2. The monoisotopic (exact) mass is 375 g/mol. The first-order valence-corrected chi connectivity index (χ1v) is 8.74. The molecule has 6 nitrogen and oxygen atoms in total. The van der Waals surface area contributed by atoms with Crippen molar-refractivity contribution in [2.75, 3.05) is 23.1 Å². The van der Waals surface area contributed by atoms with Gasteiger partial charge in [-0.1, -0.05) is 29.8 Å². The third-order valence-corrected chi connectivity index (χ3v) is 4.03. The van der Waals surface area contributed by atoms with Crippen LogP contribution in [-0.2, 0) is 0 Å². The minimum Gasteiger partial charge on any atom is -0.496 e. The van der Waals surface area contributed by atoms with Crippen LogP contribution < -0.4 is 20.7 Å². The van der Waals surface area contributed by atoms with E-state index in [1.54, 1.807) is 48.5 Å². The quantitative estimate of drug-likeness (QED) is 0.593. The number of methoxy groups -OCH3 is 1. The number of anilines is 3. The van der Waals surface area contributed by atoms with E-state index in [0.717, 1.165) is 5.56 Å². The molecule has 6 heteroatoms. The predicted octanol–water partition coefficient (Wildman–Crippen LogP) is 4.90. The van der Waals surface area contributed by atoms with Gasteiger partial charge in [0.15, 0.2) is 0 Å². The van der Waals surface area contributed by atoms with Crippen molar-refractivity contribution in [3.05, 3.63) is 83.9 Å². The molecule has 0 aliphatic carbocycles. The van der Waals surface area contributed by atoms with Crippen LogP contribution in [0, 0.1) is 6.92 Å². The van der Waals surface area contributed by atoms with Gasteiger partial charge in [-0.25, -0.2) is 4.79 Å². The molecule has 0 fully saturated rings. The summed E-state index contributed by atoms with van der Waals surface area (Å²) in [5, 5.41) is 8.32. The fourth-order valence-electron chi connectivity index (χ4n) is 2.65. The van der Waals surface area contributed by atoms with Gasteiger partial charge in [0.1, 0.15) is 5.75 Å². The highest BCUT2D eigenvalue weighted by molar-refractivity contribution is 6.06. The lowest BCUT2D eigenvalue weighted by molar-refractivity contribution is 0.102. The molecule has 28 heavy (non-hydrogen) atoms. The average molecular weight is 375 g/mol. The molecule has 0 aromatic heterocycles. The first-order chi connectivity index (χ1) is 13.5. The van der Waals surface area contributed by atoms with Crippen molar-refractivity contribution in [1.29, 1.82) is 0 Å². The van der Waals surface area contributed by atoms with Gasteiger partial charge in [0, 0.05) is 17.1 Å². The minimum absolute atomic E-state index is 0.261. The van der Waals surface area contributed by atoms with E-state index in [-0.39, 0.29) is 11.9 Å². The van der Waals surface area contributed by atoms with Crippen LogP contribution in [0.2, 0.25) is 0 Å². The lowest BCUT2D eigenvalue weighted by Crippen LogP contribution is -2.19. The molecular formula is C22H21N3O3. The van der Waals surface area contributed by atoms with Crippen molar-refractivity contribution < 1.29 is 14.3 Å². The topological polar surface area (TPSA) is 79.5 Å². The van der Waals surface area contributed by atoms with Gasteiger partial charge < -0.3 is 20.7 Å². The summed E-state index contributed by atoms with van der Waals surface area (Å²) in [5.41, 5.74) is 3.36. The molecule has 142 valence electrons.